The van der Waals surface area contributed by atoms with Crippen LogP contribution in [0, 0.1) is 5.92 Å². The number of rotatable bonds is 5. The highest BCUT2D eigenvalue weighted by Crippen LogP contribution is 2.26. The van der Waals surface area contributed by atoms with E-state index in [1.54, 1.807) is 7.11 Å². The fourth-order valence-corrected chi connectivity index (χ4v) is 3.75. The van der Waals surface area contributed by atoms with Gasteiger partial charge in [0.15, 0.2) is 5.13 Å². The van der Waals surface area contributed by atoms with Gasteiger partial charge in [0.05, 0.1) is 19.3 Å². The van der Waals surface area contributed by atoms with Crippen LogP contribution in [0.1, 0.15) is 19.8 Å². The number of hydrogen-bond donors (Lipinski definition) is 1. The molecule has 1 aromatic heterocycles. The largest absolute Gasteiger partial charge is 0.497 e. The maximum Gasteiger partial charge on any atom is 0.240 e. The number of anilines is 1. The van der Waals surface area contributed by atoms with Crippen molar-refractivity contribution >= 4 is 22.4 Å². The molecule has 1 aromatic carbocycles. The second kappa shape index (κ2) is 7.77. The van der Waals surface area contributed by atoms with E-state index in [1.165, 1.54) is 24.2 Å². The Hall–Kier alpha value is -1.92. The van der Waals surface area contributed by atoms with Gasteiger partial charge >= 0.3 is 0 Å². The van der Waals surface area contributed by atoms with E-state index in [1.807, 2.05) is 29.6 Å². The molecular weight excluding hydrogens is 322 g/mol. The Balaban J connectivity index is 1.57. The van der Waals surface area contributed by atoms with E-state index in [4.69, 9.17) is 4.74 Å². The summed E-state index contributed by atoms with van der Waals surface area (Å²) < 4.78 is 5.16. The summed E-state index contributed by atoms with van der Waals surface area (Å²) >= 11 is 1.45. The van der Waals surface area contributed by atoms with Gasteiger partial charge in [0.2, 0.25) is 5.91 Å². The normalized spacial score (nSPS) is 18.3. The van der Waals surface area contributed by atoms with Gasteiger partial charge < -0.3 is 10.1 Å². The number of amides is 1. The Morgan fingerprint density at radius 3 is 2.92 bits per heavy atom. The summed E-state index contributed by atoms with van der Waals surface area (Å²) in [6, 6.07) is 7.75. The maximum absolute atomic E-state index is 12.2. The molecule has 0 spiro atoms. The van der Waals surface area contributed by atoms with Crippen molar-refractivity contribution in [2.24, 2.45) is 5.92 Å². The third-order valence-corrected chi connectivity index (χ3v) is 5.00. The van der Waals surface area contributed by atoms with Crippen LogP contribution in [0.25, 0.3) is 11.3 Å². The third kappa shape index (κ3) is 4.33. The van der Waals surface area contributed by atoms with Crippen LogP contribution in [0.3, 0.4) is 0 Å². The Morgan fingerprint density at radius 1 is 1.42 bits per heavy atom. The maximum atomic E-state index is 12.2. The van der Waals surface area contributed by atoms with Crippen molar-refractivity contribution in [3.05, 3.63) is 29.6 Å². The van der Waals surface area contributed by atoms with Crippen LogP contribution in [-0.2, 0) is 4.79 Å². The molecule has 1 N–H and O–H groups in total. The zero-order chi connectivity index (χ0) is 16.9. The van der Waals surface area contributed by atoms with Crippen molar-refractivity contribution in [1.29, 1.82) is 0 Å². The predicted octanol–water partition coefficient (Wildman–Crippen LogP) is 3.49. The molecule has 1 atom stereocenters. The lowest BCUT2D eigenvalue weighted by molar-refractivity contribution is -0.117. The summed E-state index contributed by atoms with van der Waals surface area (Å²) in [5.74, 6) is 1.51. The standard InChI is InChI=1S/C18H23N3O2S/c1-13-4-3-9-21(10-13)11-17(22)20-18-19-16(12-24-18)14-5-7-15(23-2)8-6-14/h5-8,12-13H,3-4,9-11H2,1-2H3,(H,19,20,22)/t13-/m1/s1. The number of carbonyl (C=O) groups excluding carboxylic acids is 1. The van der Waals surface area contributed by atoms with Gasteiger partial charge in [-0.1, -0.05) is 6.92 Å². The minimum Gasteiger partial charge on any atom is -0.497 e. The lowest BCUT2D eigenvalue weighted by Crippen LogP contribution is -2.39. The van der Waals surface area contributed by atoms with Crippen LogP contribution in [-0.4, -0.2) is 42.5 Å². The van der Waals surface area contributed by atoms with Gasteiger partial charge in [-0.2, -0.15) is 0 Å². The van der Waals surface area contributed by atoms with Gasteiger partial charge in [-0.25, -0.2) is 4.98 Å². The zero-order valence-corrected chi connectivity index (χ0v) is 14.9. The van der Waals surface area contributed by atoms with E-state index >= 15 is 0 Å². The van der Waals surface area contributed by atoms with Crippen molar-refractivity contribution in [2.75, 3.05) is 32.1 Å². The molecule has 0 bridgehead atoms. The first-order valence-electron chi connectivity index (χ1n) is 8.26. The SMILES string of the molecule is COc1ccc(-c2csc(NC(=O)CN3CCC[C@@H](C)C3)n2)cc1. The second-order valence-electron chi connectivity index (χ2n) is 6.30. The molecule has 2 heterocycles. The molecule has 1 amide bonds. The first kappa shape index (κ1) is 16.9. The molecule has 0 unspecified atom stereocenters. The molecule has 1 aliphatic rings. The fourth-order valence-electron chi connectivity index (χ4n) is 3.02. The topological polar surface area (TPSA) is 54.5 Å². The molecule has 5 nitrogen and oxygen atoms in total. The number of thiazole rings is 1. The van der Waals surface area contributed by atoms with E-state index in [0.717, 1.165) is 30.1 Å². The molecule has 0 radical (unpaired) electrons. The third-order valence-electron chi connectivity index (χ3n) is 4.24. The molecule has 1 aliphatic heterocycles. The highest BCUT2D eigenvalue weighted by Gasteiger charge is 2.19. The van der Waals surface area contributed by atoms with Gasteiger partial charge in [0.1, 0.15) is 5.75 Å². The van der Waals surface area contributed by atoms with Crippen molar-refractivity contribution < 1.29 is 9.53 Å². The van der Waals surface area contributed by atoms with Crippen LogP contribution in [0.15, 0.2) is 29.6 Å². The summed E-state index contributed by atoms with van der Waals surface area (Å²) in [4.78, 5) is 18.9. The average Bonchev–Trinajstić information content (AvgIpc) is 3.03. The van der Waals surface area contributed by atoms with Gasteiger partial charge in [-0.05, 0) is 49.6 Å². The quantitative estimate of drug-likeness (QED) is 0.901. The molecule has 24 heavy (non-hydrogen) atoms. The second-order valence-corrected chi connectivity index (χ2v) is 7.16. The predicted molar refractivity (Wildman–Crippen MR) is 97.6 cm³/mol. The Kier molecular flexibility index (Phi) is 5.48. The smallest absolute Gasteiger partial charge is 0.240 e. The number of methoxy groups -OCH3 is 1. The molecule has 0 saturated carbocycles. The lowest BCUT2D eigenvalue weighted by atomic mass is 10.0. The van der Waals surface area contributed by atoms with E-state index in [-0.39, 0.29) is 5.91 Å². The van der Waals surface area contributed by atoms with E-state index in [2.05, 4.69) is 22.1 Å². The van der Waals surface area contributed by atoms with Crippen molar-refractivity contribution in [3.63, 3.8) is 0 Å². The molecule has 1 saturated heterocycles. The van der Waals surface area contributed by atoms with Crippen LogP contribution in [0.4, 0.5) is 5.13 Å². The number of nitrogens with zero attached hydrogens (tertiary/aromatic N) is 2. The zero-order valence-electron chi connectivity index (χ0n) is 14.1. The molecule has 128 valence electrons. The van der Waals surface area contributed by atoms with E-state index in [0.29, 0.717) is 17.6 Å². The number of nitrogens with one attached hydrogen (secondary N) is 1. The summed E-state index contributed by atoms with van der Waals surface area (Å²) in [6.45, 7) is 4.70. The highest BCUT2D eigenvalue weighted by atomic mass is 32.1. The van der Waals surface area contributed by atoms with Crippen molar-refractivity contribution in [1.82, 2.24) is 9.88 Å². The van der Waals surface area contributed by atoms with Crippen LogP contribution >= 0.6 is 11.3 Å². The van der Waals surface area contributed by atoms with Crippen molar-refractivity contribution in [3.8, 4) is 17.0 Å². The molecule has 0 aliphatic carbocycles. The Bertz CT molecular complexity index is 684. The number of aromatic nitrogens is 1. The molecule has 6 heteroatoms. The number of benzene rings is 1. The van der Waals surface area contributed by atoms with Crippen LogP contribution in [0.5, 0.6) is 5.75 Å². The Morgan fingerprint density at radius 2 is 2.21 bits per heavy atom. The van der Waals surface area contributed by atoms with Crippen molar-refractivity contribution in [2.45, 2.75) is 19.8 Å². The minimum absolute atomic E-state index is 0.0136. The van der Waals surface area contributed by atoms with Crippen LogP contribution in [0.2, 0.25) is 0 Å². The first-order chi connectivity index (χ1) is 11.6. The van der Waals surface area contributed by atoms with Gasteiger partial charge in [-0.3, -0.25) is 9.69 Å². The number of carbonyl (C=O) groups is 1. The van der Waals surface area contributed by atoms with E-state index in [9.17, 15) is 4.79 Å². The van der Waals surface area contributed by atoms with Gasteiger partial charge in [0.25, 0.3) is 0 Å². The summed E-state index contributed by atoms with van der Waals surface area (Å²) in [7, 11) is 1.65. The summed E-state index contributed by atoms with van der Waals surface area (Å²) in [5, 5.41) is 5.53. The van der Waals surface area contributed by atoms with Gasteiger partial charge in [-0.15, -0.1) is 11.3 Å². The van der Waals surface area contributed by atoms with Crippen LogP contribution < -0.4 is 10.1 Å². The number of ether oxygens (including phenoxy) is 1. The lowest BCUT2D eigenvalue weighted by Gasteiger charge is -2.29. The van der Waals surface area contributed by atoms with E-state index < -0.39 is 0 Å². The molecule has 2 aromatic rings. The fraction of sp³-hybridized carbons (Fsp3) is 0.444. The molecule has 3 rings (SSSR count). The minimum atomic E-state index is 0.0136. The highest BCUT2D eigenvalue weighted by molar-refractivity contribution is 7.14. The number of hydrogen-bond acceptors (Lipinski definition) is 5. The average molecular weight is 345 g/mol. The van der Waals surface area contributed by atoms with Gasteiger partial charge in [0, 0.05) is 17.5 Å². The number of likely N-dealkylation sites (tertiary alicyclic amines) is 1. The summed E-state index contributed by atoms with van der Waals surface area (Å²) in [5.41, 5.74) is 1.88. The molecule has 1 fully saturated rings. The number of piperidine rings is 1. The first-order valence-corrected chi connectivity index (χ1v) is 9.14. The molecular formula is C18H23N3O2S. The Labute approximate surface area is 146 Å². The monoisotopic (exact) mass is 345 g/mol. The summed E-state index contributed by atoms with van der Waals surface area (Å²) in [6.07, 6.45) is 2.43.